The van der Waals surface area contributed by atoms with E-state index in [1.807, 2.05) is 0 Å². The van der Waals surface area contributed by atoms with Gasteiger partial charge in [0.1, 0.15) is 0 Å². The Kier molecular flexibility index (Phi) is 5.38. The maximum atomic E-state index is 3.65. The number of halogens is 1. The van der Waals surface area contributed by atoms with Gasteiger partial charge in [-0.05, 0) is 49.1 Å². The summed E-state index contributed by atoms with van der Waals surface area (Å²) in [5.74, 6) is 0. The molecular formula is C18H22BrN. The maximum absolute atomic E-state index is 3.65. The van der Waals surface area contributed by atoms with E-state index in [2.05, 4.69) is 84.5 Å². The van der Waals surface area contributed by atoms with E-state index in [0.717, 1.165) is 13.0 Å². The second-order valence-corrected chi connectivity index (χ2v) is 6.06. The minimum absolute atomic E-state index is 0.368. The van der Waals surface area contributed by atoms with Crippen molar-refractivity contribution in [1.82, 2.24) is 5.32 Å². The Morgan fingerprint density at radius 1 is 1.05 bits per heavy atom. The lowest BCUT2D eigenvalue weighted by Gasteiger charge is -2.20. The first-order chi connectivity index (χ1) is 9.61. The van der Waals surface area contributed by atoms with Gasteiger partial charge < -0.3 is 5.32 Å². The van der Waals surface area contributed by atoms with Crippen LogP contribution in [0, 0.1) is 13.8 Å². The molecule has 0 spiro atoms. The van der Waals surface area contributed by atoms with E-state index in [1.165, 1.54) is 26.7 Å². The minimum atomic E-state index is 0.368. The summed E-state index contributed by atoms with van der Waals surface area (Å²) in [6.07, 6.45) is 1.02. The normalized spacial score (nSPS) is 12.4. The summed E-state index contributed by atoms with van der Waals surface area (Å²) in [5.41, 5.74) is 5.34. The first-order valence-electron chi connectivity index (χ1n) is 7.15. The standard InChI is InChI=1S/C18H22BrN/c1-4-20-17(12-15-8-6-5-7-9-15)16-10-13(2)18(19)14(3)11-16/h5-11,17,20H,4,12H2,1-3H3. The molecule has 1 atom stereocenters. The van der Waals surface area contributed by atoms with Crippen LogP contribution in [0.3, 0.4) is 0 Å². The fraction of sp³-hybridized carbons (Fsp3) is 0.333. The molecule has 0 aliphatic carbocycles. The van der Waals surface area contributed by atoms with Crippen LogP contribution in [0.25, 0.3) is 0 Å². The minimum Gasteiger partial charge on any atom is -0.310 e. The number of nitrogens with one attached hydrogen (secondary N) is 1. The van der Waals surface area contributed by atoms with E-state index in [-0.39, 0.29) is 0 Å². The molecule has 0 radical (unpaired) electrons. The molecule has 2 aromatic carbocycles. The van der Waals surface area contributed by atoms with E-state index in [0.29, 0.717) is 6.04 Å². The molecule has 1 N–H and O–H groups in total. The average molecular weight is 332 g/mol. The third kappa shape index (κ3) is 3.71. The van der Waals surface area contributed by atoms with E-state index >= 15 is 0 Å². The zero-order valence-electron chi connectivity index (χ0n) is 12.4. The van der Waals surface area contributed by atoms with Crippen LogP contribution in [-0.4, -0.2) is 6.54 Å². The van der Waals surface area contributed by atoms with Gasteiger partial charge in [-0.3, -0.25) is 0 Å². The van der Waals surface area contributed by atoms with Crippen molar-refractivity contribution < 1.29 is 0 Å². The van der Waals surface area contributed by atoms with Crippen molar-refractivity contribution >= 4 is 15.9 Å². The topological polar surface area (TPSA) is 12.0 Å². The Hall–Kier alpha value is -1.12. The summed E-state index contributed by atoms with van der Waals surface area (Å²) in [4.78, 5) is 0. The first-order valence-corrected chi connectivity index (χ1v) is 7.95. The summed E-state index contributed by atoms with van der Waals surface area (Å²) >= 11 is 3.65. The van der Waals surface area contributed by atoms with Gasteiger partial charge in [-0.25, -0.2) is 0 Å². The predicted octanol–water partition coefficient (Wildman–Crippen LogP) is 4.96. The van der Waals surface area contributed by atoms with Crippen LogP contribution in [0.4, 0.5) is 0 Å². The van der Waals surface area contributed by atoms with Gasteiger partial charge in [-0.1, -0.05) is 65.3 Å². The molecule has 0 amide bonds. The predicted molar refractivity (Wildman–Crippen MR) is 90.2 cm³/mol. The Labute approximate surface area is 130 Å². The van der Waals surface area contributed by atoms with Crippen molar-refractivity contribution in [2.45, 2.75) is 33.2 Å². The number of rotatable bonds is 5. The summed E-state index contributed by atoms with van der Waals surface area (Å²) in [6.45, 7) is 7.46. The van der Waals surface area contributed by atoms with Crippen molar-refractivity contribution in [2.24, 2.45) is 0 Å². The average Bonchev–Trinajstić information content (AvgIpc) is 2.45. The number of likely N-dealkylation sites (N-methyl/N-ethyl adjacent to an activating group) is 1. The van der Waals surface area contributed by atoms with Crippen LogP contribution >= 0.6 is 15.9 Å². The van der Waals surface area contributed by atoms with Gasteiger partial charge in [0.2, 0.25) is 0 Å². The lowest BCUT2D eigenvalue weighted by atomic mass is 9.96. The molecule has 106 valence electrons. The fourth-order valence-electron chi connectivity index (χ4n) is 2.58. The molecule has 2 aromatic rings. The van der Waals surface area contributed by atoms with E-state index in [1.54, 1.807) is 0 Å². The molecule has 0 aliphatic heterocycles. The molecule has 0 saturated carbocycles. The third-order valence-electron chi connectivity index (χ3n) is 3.59. The highest BCUT2D eigenvalue weighted by Crippen LogP contribution is 2.27. The largest absolute Gasteiger partial charge is 0.310 e. The molecule has 0 heterocycles. The second kappa shape index (κ2) is 7.05. The Bertz CT molecular complexity index is 540. The Morgan fingerprint density at radius 3 is 2.20 bits per heavy atom. The number of hydrogen-bond donors (Lipinski definition) is 1. The van der Waals surface area contributed by atoms with Gasteiger partial charge in [-0.2, -0.15) is 0 Å². The summed E-state index contributed by atoms with van der Waals surface area (Å²) in [7, 11) is 0. The van der Waals surface area contributed by atoms with E-state index in [4.69, 9.17) is 0 Å². The smallest absolute Gasteiger partial charge is 0.0360 e. The van der Waals surface area contributed by atoms with Gasteiger partial charge >= 0.3 is 0 Å². The van der Waals surface area contributed by atoms with Crippen LogP contribution in [0.2, 0.25) is 0 Å². The molecule has 0 aliphatic rings. The zero-order valence-corrected chi connectivity index (χ0v) is 14.0. The summed E-state index contributed by atoms with van der Waals surface area (Å²) in [5, 5.41) is 3.61. The number of hydrogen-bond acceptors (Lipinski definition) is 1. The maximum Gasteiger partial charge on any atom is 0.0360 e. The number of aryl methyl sites for hydroxylation is 2. The van der Waals surface area contributed by atoms with Crippen molar-refractivity contribution in [3.05, 3.63) is 69.2 Å². The van der Waals surface area contributed by atoms with Gasteiger partial charge in [0.15, 0.2) is 0 Å². The molecule has 0 bridgehead atoms. The van der Waals surface area contributed by atoms with Crippen molar-refractivity contribution in [3.8, 4) is 0 Å². The zero-order chi connectivity index (χ0) is 14.5. The lowest BCUT2D eigenvalue weighted by Crippen LogP contribution is -2.23. The monoisotopic (exact) mass is 331 g/mol. The Balaban J connectivity index is 2.29. The van der Waals surface area contributed by atoms with E-state index in [9.17, 15) is 0 Å². The van der Waals surface area contributed by atoms with Gasteiger partial charge in [0, 0.05) is 10.5 Å². The summed E-state index contributed by atoms with van der Waals surface area (Å²) < 4.78 is 1.22. The van der Waals surface area contributed by atoms with Crippen LogP contribution in [0.5, 0.6) is 0 Å². The molecule has 2 heteroatoms. The highest BCUT2D eigenvalue weighted by Gasteiger charge is 2.13. The van der Waals surface area contributed by atoms with E-state index < -0.39 is 0 Å². The molecule has 1 unspecified atom stereocenters. The Morgan fingerprint density at radius 2 is 1.65 bits per heavy atom. The molecule has 0 saturated heterocycles. The highest BCUT2D eigenvalue weighted by atomic mass is 79.9. The fourth-order valence-corrected chi connectivity index (χ4v) is 2.81. The van der Waals surface area contributed by atoms with Crippen molar-refractivity contribution in [3.63, 3.8) is 0 Å². The lowest BCUT2D eigenvalue weighted by molar-refractivity contribution is 0.549. The molecule has 2 rings (SSSR count). The summed E-state index contributed by atoms with van der Waals surface area (Å²) in [6, 6.07) is 15.6. The number of benzene rings is 2. The molecular weight excluding hydrogens is 310 g/mol. The van der Waals surface area contributed by atoms with Crippen LogP contribution in [0.1, 0.15) is 35.2 Å². The van der Waals surface area contributed by atoms with Gasteiger partial charge in [0.25, 0.3) is 0 Å². The molecule has 20 heavy (non-hydrogen) atoms. The van der Waals surface area contributed by atoms with Gasteiger partial charge in [-0.15, -0.1) is 0 Å². The second-order valence-electron chi connectivity index (χ2n) is 5.27. The van der Waals surface area contributed by atoms with Crippen LogP contribution in [0.15, 0.2) is 46.9 Å². The van der Waals surface area contributed by atoms with Crippen LogP contribution in [-0.2, 0) is 6.42 Å². The van der Waals surface area contributed by atoms with Crippen molar-refractivity contribution in [2.75, 3.05) is 6.54 Å². The molecule has 1 nitrogen and oxygen atoms in total. The quantitative estimate of drug-likeness (QED) is 0.816. The first kappa shape index (κ1) is 15.3. The SMILES string of the molecule is CCNC(Cc1ccccc1)c1cc(C)c(Br)c(C)c1. The van der Waals surface area contributed by atoms with Crippen molar-refractivity contribution in [1.29, 1.82) is 0 Å². The van der Waals surface area contributed by atoms with Crippen LogP contribution < -0.4 is 5.32 Å². The van der Waals surface area contributed by atoms with Gasteiger partial charge in [0.05, 0.1) is 0 Å². The molecule has 0 fully saturated rings. The molecule has 0 aromatic heterocycles. The highest BCUT2D eigenvalue weighted by molar-refractivity contribution is 9.10. The third-order valence-corrected chi connectivity index (χ3v) is 4.85.